The fourth-order valence-corrected chi connectivity index (χ4v) is 3.30. The highest BCUT2D eigenvalue weighted by atomic mass is 16.2. The van der Waals surface area contributed by atoms with Gasteiger partial charge < -0.3 is 30.6 Å². The summed E-state index contributed by atoms with van der Waals surface area (Å²) in [5, 5.41) is 7.92. The Morgan fingerprint density at radius 3 is 2.43 bits per heavy atom. The number of unbranched alkanes of at least 4 members (excludes halogenated alkanes) is 2. The van der Waals surface area contributed by atoms with Gasteiger partial charge in [0.15, 0.2) is 7.85 Å². The van der Waals surface area contributed by atoms with Crippen LogP contribution in [-0.4, -0.2) is 85.4 Å². The van der Waals surface area contributed by atoms with Crippen LogP contribution in [0.4, 0.5) is 0 Å². The van der Waals surface area contributed by atoms with Gasteiger partial charge in [-0.25, -0.2) is 9.78 Å². The Hall–Kier alpha value is -3.46. The minimum absolute atomic E-state index is 0.169. The van der Waals surface area contributed by atoms with Crippen LogP contribution in [0.25, 0.3) is 0 Å². The molecule has 11 nitrogen and oxygen atoms in total. The summed E-state index contributed by atoms with van der Waals surface area (Å²) < 4.78 is 0. The lowest BCUT2D eigenvalue weighted by atomic mass is 10.0. The molecular formula is C25H37BN6O5. The number of rotatable bonds is 15. The molecule has 37 heavy (non-hydrogen) atoms. The summed E-state index contributed by atoms with van der Waals surface area (Å²) >= 11 is 0. The third kappa shape index (κ3) is 14.0. The van der Waals surface area contributed by atoms with Crippen molar-refractivity contribution in [1.82, 2.24) is 30.8 Å². The molecule has 0 saturated carbocycles. The minimum Gasteiger partial charge on any atom is -0.348 e. The van der Waals surface area contributed by atoms with Crippen LogP contribution in [0.2, 0.25) is 0 Å². The van der Waals surface area contributed by atoms with Gasteiger partial charge in [0.05, 0.1) is 17.8 Å². The molecule has 0 aliphatic carbocycles. The van der Waals surface area contributed by atoms with Gasteiger partial charge in [-0.1, -0.05) is 25.7 Å². The SMILES string of the molecule is [B]C(=O)CNC(=O)[C@H](CCCCN(C)C)NC(=O)[C@@H](NC(=O)CCCC#Cc1cnc(=O)[nH]c1)C(C)C. The van der Waals surface area contributed by atoms with Crippen molar-refractivity contribution in [1.29, 1.82) is 0 Å². The van der Waals surface area contributed by atoms with Crippen molar-refractivity contribution in [2.24, 2.45) is 5.92 Å². The van der Waals surface area contributed by atoms with Gasteiger partial charge in [-0.15, -0.1) is 0 Å². The average Bonchev–Trinajstić information content (AvgIpc) is 2.83. The first-order valence-corrected chi connectivity index (χ1v) is 12.3. The normalized spacial score (nSPS) is 12.3. The van der Waals surface area contributed by atoms with Gasteiger partial charge >= 0.3 is 5.69 Å². The number of carbonyl (C=O) groups excluding carboxylic acids is 4. The van der Waals surface area contributed by atoms with Gasteiger partial charge in [0.2, 0.25) is 17.7 Å². The zero-order valence-corrected chi connectivity index (χ0v) is 22.1. The van der Waals surface area contributed by atoms with Crippen LogP contribution in [-0.2, 0) is 19.2 Å². The molecule has 0 saturated heterocycles. The standard InChI is InChI=1S/C25H37BN6O5/c1-17(2)22(31-21(34)12-7-5-6-10-18-14-28-25(37)29-15-18)24(36)30-19(11-8-9-13-32(3)4)23(35)27-16-20(26)33/h14-15,17,19,22H,5,7-9,11-13,16H2,1-4H3,(H,27,35)(H,30,36)(H,31,34)(H,28,29,37)/t19-,22-/m0/s1. The van der Waals surface area contributed by atoms with E-state index < -0.39 is 35.3 Å². The molecule has 0 aliphatic heterocycles. The molecule has 2 atom stereocenters. The highest BCUT2D eigenvalue weighted by molar-refractivity contribution is 6.58. The van der Waals surface area contributed by atoms with E-state index in [4.69, 9.17) is 7.85 Å². The van der Waals surface area contributed by atoms with E-state index in [1.165, 1.54) is 12.4 Å². The topological polar surface area (TPSA) is 153 Å². The highest BCUT2D eigenvalue weighted by Gasteiger charge is 2.28. The van der Waals surface area contributed by atoms with E-state index in [-0.39, 0.29) is 24.8 Å². The van der Waals surface area contributed by atoms with Crippen LogP contribution in [0, 0.1) is 17.8 Å². The summed E-state index contributed by atoms with van der Waals surface area (Å²) in [7, 11) is 9.01. The van der Waals surface area contributed by atoms with Crippen molar-refractivity contribution in [2.75, 3.05) is 27.2 Å². The number of aromatic nitrogens is 2. The van der Waals surface area contributed by atoms with Crippen molar-refractivity contribution in [3.63, 3.8) is 0 Å². The Labute approximate surface area is 219 Å². The van der Waals surface area contributed by atoms with Crippen molar-refractivity contribution < 1.29 is 19.2 Å². The largest absolute Gasteiger partial charge is 0.348 e. The van der Waals surface area contributed by atoms with Gasteiger partial charge in [0.25, 0.3) is 0 Å². The summed E-state index contributed by atoms with van der Waals surface area (Å²) in [5.74, 6) is 4.27. The smallest absolute Gasteiger partial charge is 0.344 e. The number of hydrogen-bond donors (Lipinski definition) is 4. The van der Waals surface area contributed by atoms with Crippen LogP contribution in [0.3, 0.4) is 0 Å². The second kappa shape index (κ2) is 17.1. The lowest BCUT2D eigenvalue weighted by Crippen LogP contribution is -2.55. The van der Waals surface area contributed by atoms with Gasteiger partial charge in [-0.3, -0.25) is 14.4 Å². The number of amides is 3. The Kier molecular flexibility index (Phi) is 14.6. The monoisotopic (exact) mass is 512 g/mol. The molecule has 0 fully saturated rings. The molecule has 0 unspecified atom stereocenters. The predicted octanol–water partition coefficient (Wildman–Crippen LogP) is -0.539. The first kappa shape index (κ1) is 31.6. The van der Waals surface area contributed by atoms with Crippen molar-refractivity contribution >= 4 is 31.3 Å². The van der Waals surface area contributed by atoms with E-state index in [0.717, 1.165) is 13.0 Å². The molecule has 200 valence electrons. The number of nitrogens with zero attached hydrogens (tertiary/aromatic N) is 2. The molecule has 1 aromatic rings. The molecule has 0 aliphatic rings. The fraction of sp³-hybridized carbons (Fsp3) is 0.600. The maximum Gasteiger partial charge on any atom is 0.344 e. The van der Waals surface area contributed by atoms with E-state index in [0.29, 0.717) is 31.2 Å². The van der Waals surface area contributed by atoms with Crippen molar-refractivity contribution in [3.8, 4) is 11.8 Å². The van der Waals surface area contributed by atoms with E-state index in [9.17, 15) is 24.0 Å². The fourth-order valence-electron chi connectivity index (χ4n) is 3.30. The number of nitrogens with one attached hydrogen (secondary N) is 4. The number of H-pyrrole nitrogens is 1. The van der Waals surface area contributed by atoms with Crippen LogP contribution >= 0.6 is 0 Å². The number of aromatic amines is 1. The average molecular weight is 512 g/mol. The summed E-state index contributed by atoms with van der Waals surface area (Å²) in [6, 6.07) is -1.69. The maximum absolute atomic E-state index is 13.0. The molecule has 0 bridgehead atoms. The minimum atomic E-state index is -0.857. The lowest BCUT2D eigenvalue weighted by molar-refractivity contribution is -0.133. The molecule has 0 aromatic carbocycles. The molecule has 1 aromatic heterocycles. The van der Waals surface area contributed by atoms with E-state index in [1.807, 2.05) is 19.0 Å². The van der Waals surface area contributed by atoms with Crippen LogP contribution in [0.5, 0.6) is 0 Å². The molecule has 1 heterocycles. The molecular weight excluding hydrogens is 475 g/mol. The Balaban J connectivity index is 2.66. The number of hydrogen-bond acceptors (Lipinski definition) is 7. The van der Waals surface area contributed by atoms with E-state index in [1.54, 1.807) is 13.8 Å². The third-order valence-corrected chi connectivity index (χ3v) is 5.29. The third-order valence-electron chi connectivity index (χ3n) is 5.29. The van der Waals surface area contributed by atoms with Gasteiger partial charge in [0, 0.05) is 25.2 Å². The quantitative estimate of drug-likeness (QED) is 0.140. The molecule has 12 heteroatoms. The highest BCUT2D eigenvalue weighted by Crippen LogP contribution is 2.07. The molecule has 0 spiro atoms. The summed E-state index contributed by atoms with van der Waals surface area (Å²) in [4.78, 5) is 68.1. The molecule has 1 rings (SSSR count). The van der Waals surface area contributed by atoms with E-state index >= 15 is 0 Å². The Morgan fingerprint density at radius 2 is 1.84 bits per heavy atom. The van der Waals surface area contributed by atoms with Gasteiger partial charge in [-0.05, 0) is 52.2 Å². The lowest BCUT2D eigenvalue weighted by Gasteiger charge is -2.25. The summed E-state index contributed by atoms with van der Waals surface area (Å²) in [6.07, 6.45) is 5.82. The second-order valence-corrected chi connectivity index (χ2v) is 9.30. The van der Waals surface area contributed by atoms with Crippen molar-refractivity contribution in [2.45, 2.75) is 64.5 Å². The summed E-state index contributed by atoms with van der Waals surface area (Å²) in [6.45, 7) is 4.11. The maximum atomic E-state index is 13.0. The zero-order chi connectivity index (χ0) is 27.8. The summed E-state index contributed by atoms with van der Waals surface area (Å²) in [5.41, 5.74) is -0.567. The number of carbonyl (C=O) groups is 4. The molecule has 3 amide bonds. The first-order valence-electron chi connectivity index (χ1n) is 12.3. The van der Waals surface area contributed by atoms with Crippen molar-refractivity contribution in [3.05, 3.63) is 28.4 Å². The zero-order valence-electron chi connectivity index (χ0n) is 22.1. The van der Waals surface area contributed by atoms with E-state index in [2.05, 4.69) is 37.8 Å². The second-order valence-electron chi connectivity index (χ2n) is 9.30. The predicted molar refractivity (Wildman–Crippen MR) is 140 cm³/mol. The molecule has 2 radical (unpaired) electrons. The molecule has 4 N–H and O–H groups in total. The Bertz CT molecular complexity index is 1010. The first-order chi connectivity index (χ1) is 17.5. The van der Waals surface area contributed by atoms with Crippen LogP contribution in [0.15, 0.2) is 17.2 Å². The van der Waals surface area contributed by atoms with Crippen LogP contribution < -0.4 is 21.6 Å². The van der Waals surface area contributed by atoms with Gasteiger partial charge in [-0.2, -0.15) is 0 Å². The van der Waals surface area contributed by atoms with Gasteiger partial charge in [0.1, 0.15) is 12.1 Å². The van der Waals surface area contributed by atoms with Crippen LogP contribution in [0.1, 0.15) is 57.9 Å². The Morgan fingerprint density at radius 1 is 1.11 bits per heavy atom.